The molecule has 5 rings (SSSR count). The molecular formula is C29H40N2O6. The summed E-state index contributed by atoms with van der Waals surface area (Å²) in [4.78, 5) is 42.8. The van der Waals surface area contributed by atoms with Gasteiger partial charge in [0.2, 0.25) is 11.8 Å². The standard InChI is InChI=1S/C29H40N2O6/c1-17-21(36-2)15-14-20(25(17)37-3)24-22-23(27(33)31(26(22)32)19-12-8-5-9-13-19)29(30-24,28(34)35)16-18-10-6-4-7-11-18/h14-15,18-19,22-24,30H,4-13,16H2,1-3H3,(H,34,35). The molecule has 2 aliphatic carbocycles. The second-order valence-electron chi connectivity index (χ2n) is 11.5. The number of carboxylic acid groups (broad SMARTS) is 1. The van der Waals surface area contributed by atoms with Crippen molar-refractivity contribution in [1.82, 2.24) is 10.2 Å². The average Bonchev–Trinajstić information content (AvgIpc) is 3.38. The number of carbonyl (C=O) groups is 3. The van der Waals surface area contributed by atoms with Crippen LogP contribution in [0.25, 0.3) is 0 Å². The number of carboxylic acids is 1. The Balaban J connectivity index is 1.62. The van der Waals surface area contributed by atoms with Crippen molar-refractivity contribution in [2.75, 3.05) is 14.2 Å². The number of hydrogen-bond acceptors (Lipinski definition) is 6. The number of amides is 2. The summed E-state index contributed by atoms with van der Waals surface area (Å²) >= 11 is 0. The molecule has 8 heteroatoms. The molecule has 0 bridgehead atoms. The smallest absolute Gasteiger partial charge is 0.324 e. The van der Waals surface area contributed by atoms with E-state index in [1.165, 1.54) is 4.90 Å². The third kappa shape index (κ3) is 4.21. The number of hydrogen-bond donors (Lipinski definition) is 2. The van der Waals surface area contributed by atoms with Gasteiger partial charge in [0.1, 0.15) is 17.0 Å². The lowest BCUT2D eigenvalue weighted by atomic mass is 9.72. The lowest BCUT2D eigenvalue weighted by molar-refractivity contribution is -0.153. The number of aliphatic carboxylic acids is 1. The highest BCUT2D eigenvalue weighted by atomic mass is 16.5. The summed E-state index contributed by atoms with van der Waals surface area (Å²) in [5, 5.41) is 14.2. The molecule has 4 atom stereocenters. The Morgan fingerprint density at radius 1 is 1.00 bits per heavy atom. The maximum atomic E-state index is 14.1. The molecule has 8 nitrogen and oxygen atoms in total. The van der Waals surface area contributed by atoms with E-state index in [0.29, 0.717) is 23.5 Å². The molecule has 1 aromatic carbocycles. The normalized spacial score (nSPS) is 31.0. The Morgan fingerprint density at radius 2 is 1.65 bits per heavy atom. The van der Waals surface area contributed by atoms with Crippen molar-refractivity contribution in [3.05, 3.63) is 23.3 Å². The van der Waals surface area contributed by atoms with Crippen LogP contribution < -0.4 is 14.8 Å². The zero-order valence-corrected chi connectivity index (χ0v) is 22.3. The summed E-state index contributed by atoms with van der Waals surface area (Å²) in [7, 11) is 3.16. The molecule has 202 valence electrons. The number of nitrogens with one attached hydrogen (secondary N) is 1. The predicted molar refractivity (Wildman–Crippen MR) is 137 cm³/mol. The molecule has 2 heterocycles. The van der Waals surface area contributed by atoms with Crippen molar-refractivity contribution in [2.24, 2.45) is 17.8 Å². The molecule has 2 amide bonds. The lowest BCUT2D eigenvalue weighted by Gasteiger charge is -2.37. The van der Waals surface area contributed by atoms with E-state index in [-0.39, 0.29) is 23.8 Å². The zero-order valence-electron chi connectivity index (χ0n) is 22.3. The van der Waals surface area contributed by atoms with E-state index < -0.39 is 29.4 Å². The van der Waals surface area contributed by atoms with E-state index in [1.54, 1.807) is 14.2 Å². The van der Waals surface area contributed by atoms with Crippen molar-refractivity contribution in [3.63, 3.8) is 0 Å². The van der Waals surface area contributed by atoms with Crippen LogP contribution in [-0.4, -0.2) is 53.6 Å². The number of likely N-dealkylation sites (tertiary alicyclic amines) is 1. The third-order valence-electron chi connectivity index (χ3n) is 9.49. The first-order chi connectivity index (χ1) is 17.8. The minimum atomic E-state index is -1.49. The first-order valence-electron chi connectivity index (χ1n) is 13.9. The van der Waals surface area contributed by atoms with Crippen molar-refractivity contribution < 1.29 is 29.0 Å². The van der Waals surface area contributed by atoms with Gasteiger partial charge in [-0.15, -0.1) is 0 Å². The van der Waals surface area contributed by atoms with Crippen molar-refractivity contribution in [3.8, 4) is 11.5 Å². The van der Waals surface area contributed by atoms with Crippen molar-refractivity contribution in [2.45, 2.75) is 95.2 Å². The number of ether oxygens (including phenoxy) is 2. The van der Waals surface area contributed by atoms with Crippen LogP contribution in [0.2, 0.25) is 0 Å². The van der Waals surface area contributed by atoms with E-state index in [4.69, 9.17) is 9.47 Å². The number of benzene rings is 1. The summed E-state index contributed by atoms with van der Waals surface area (Å²) in [6.45, 7) is 1.88. The summed E-state index contributed by atoms with van der Waals surface area (Å²) in [5.74, 6) is -1.87. The van der Waals surface area contributed by atoms with Gasteiger partial charge < -0.3 is 14.6 Å². The van der Waals surface area contributed by atoms with Gasteiger partial charge in [0.15, 0.2) is 0 Å². The van der Waals surface area contributed by atoms with Crippen LogP contribution in [0.4, 0.5) is 0 Å². The van der Waals surface area contributed by atoms with Crippen LogP contribution >= 0.6 is 0 Å². The fourth-order valence-corrected chi connectivity index (χ4v) is 7.74. The maximum Gasteiger partial charge on any atom is 0.324 e. The molecule has 2 aliphatic heterocycles. The molecular weight excluding hydrogens is 472 g/mol. The Labute approximate surface area is 219 Å². The summed E-state index contributed by atoms with van der Waals surface area (Å²) < 4.78 is 11.3. The monoisotopic (exact) mass is 512 g/mol. The van der Waals surface area contributed by atoms with Gasteiger partial charge in [-0.25, -0.2) is 0 Å². The number of carbonyl (C=O) groups excluding carboxylic acids is 2. The van der Waals surface area contributed by atoms with E-state index in [0.717, 1.165) is 69.8 Å². The maximum absolute atomic E-state index is 14.1. The van der Waals surface area contributed by atoms with E-state index in [9.17, 15) is 19.5 Å². The fraction of sp³-hybridized carbons (Fsp3) is 0.690. The number of imide groups is 1. The molecule has 0 spiro atoms. The minimum absolute atomic E-state index is 0.138. The number of methoxy groups -OCH3 is 2. The molecule has 2 saturated heterocycles. The van der Waals surface area contributed by atoms with E-state index in [1.807, 2.05) is 19.1 Å². The van der Waals surface area contributed by atoms with Gasteiger partial charge in [-0.2, -0.15) is 0 Å². The number of rotatable bonds is 7. The Morgan fingerprint density at radius 3 is 2.24 bits per heavy atom. The molecule has 4 fully saturated rings. The van der Waals surface area contributed by atoms with Crippen LogP contribution in [0.5, 0.6) is 11.5 Å². The van der Waals surface area contributed by atoms with Crippen molar-refractivity contribution >= 4 is 17.8 Å². The Kier molecular flexibility index (Phi) is 7.22. The highest BCUT2D eigenvalue weighted by Crippen LogP contribution is 2.54. The van der Waals surface area contributed by atoms with Crippen LogP contribution in [0.3, 0.4) is 0 Å². The third-order valence-corrected chi connectivity index (χ3v) is 9.49. The van der Waals surface area contributed by atoms with Gasteiger partial charge in [-0.1, -0.05) is 57.4 Å². The number of nitrogens with zero attached hydrogens (tertiary/aromatic N) is 1. The fourth-order valence-electron chi connectivity index (χ4n) is 7.74. The highest BCUT2D eigenvalue weighted by molar-refractivity contribution is 6.09. The van der Waals surface area contributed by atoms with E-state index in [2.05, 4.69) is 5.32 Å². The molecule has 0 radical (unpaired) electrons. The molecule has 2 N–H and O–H groups in total. The average molecular weight is 513 g/mol. The Bertz CT molecular complexity index is 1060. The van der Waals surface area contributed by atoms with Crippen LogP contribution in [0.15, 0.2) is 12.1 Å². The van der Waals surface area contributed by atoms with Gasteiger partial charge in [0, 0.05) is 23.2 Å². The van der Waals surface area contributed by atoms with Gasteiger partial charge in [-0.3, -0.25) is 24.6 Å². The largest absolute Gasteiger partial charge is 0.496 e. The second-order valence-corrected chi connectivity index (χ2v) is 11.5. The molecule has 4 aliphatic rings. The first kappa shape index (κ1) is 26.0. The van der Waals surface area contributed by atoms with Crippen LogP contribution in [-0.2, 0) is 14.4 Å². The molecule has 0 aromatic heterocycles. The summed E-state index contributed by atoms with van der Waals surface area (Å²) in [6.07, 6.45) is 10.2. The van der Waals surface area contributed by atoms with Gasteiger partial charge >= 0.3 is 5.97 Å². The SMILES string of the molecule is COc1ccc(C2NC(CC3CCCCC3)(C(=O)O)C3C(=O)N(C4CCCCC4)C(=O)C23)c(OC)c1C. The quantitative estimate of drug-likeness (QED) is 0.522. The Hall–Kier alpha value is -2.61. The first-order valence-corrected chi connectivity index (χ1v) is 13.9. The zero-order chi connectivity index (χ0) is 26.3. The lowest BCUT2D eigenvalue weighted by Crippen LogP contribution is -2.57. The molecule has 37 heavy (non-hydrogen) atoms. The molecule has 2 saturated carbocycles. The highest BCUT2D eigenvalue weighted by Gasteiger charge is 2.69. The van der Waals surface area contributed by atoms with E-state index >= 15 is 0 Å². The summed E-state index contributed by atoms with van der Waals surface area (Å²) in [5.41, 5.74) is -0.0112. The minimum Gasteiger partial charge on any atom is -0.496 e. The van der Waals surface area contributed by atoms with Gasteiger partial charge in [0.05, 0.1) is 26.1 Å². The van der Waals surface area contributed by atoms with Gasteiger partial charge in [-0.05, 0) is 38.2 Å². The van der Waals surface area contributed by atoms with Crippen molar-refractivity contribution in [1.29, 1.82) is 0 Å². The number of fused-ring (bicyclic) bond motifs is 1. The molecule has 1 aromatic rings. The second kappa shape index (κ2) is 10.3. The predicted octanol–water partition coefficient (Wildman–Crippen LogP) is 4.38. The summed E-state index contributed by atoms with van der Waals surface area (Å²) in [6, 6.07) is 2.89. The van der Waals surface area contributed by atoms with Crippen LogP contribution in [0.1, 0.15) is 87.8 Å². The van der Waals surface area contributed by atoms with Gasteiger partial charge in [0.25, 0.3) is 0 Å². The van der Waals surface area contributed by atoms with Crippen LogP contribution in [0, 0.1) is 24.7 Å². The topological polar surface area (TPSA) is 105 Å². The molecule has 4 unspecified atom stereocenters.